The molecule has 0 saturated heterocycles. The number of aliphatic carboxylic acids is 1. The molecule has 0 heterocycles. The Balaban J connectivity index is 2.38. The first-order valence-corrected chi connectivity index (χ1v) is 5.87. The van der Waals surface area contributed by atoms with Crippen LogP contribution in [0.3, 0.4) is 0 Å². The molecule has 0 aliphatic carbocycles. The summed E-state index contributed by atoms with van der Waals surface area (Å²) in [6, 6.07) is 7.31. The quantitative estimate of drug-likeness (QED) is 0.799. The molecule has 0 aliphatic heterocycles. The van der Waals surface area contributed by atoms with Crippen LogP contribution in [0.4, 0.5) is 0 Å². The van der Waals surface area contributed by atoms with Gasteiger partial charge in [0.2, 0.25) is 0 Å². The highest BCUT2D eigenvalue weighted by Gasteiger charge is 2.10. The number of aryl methyl sites for hydroxylation is 1. The topological polar surface area (TPSA) is 63.3 Å². The molecule has 3 N–H and O–H groups in total. The summed E-state index contributed by atoms with van der Waals surface area (Å²) in [5, 5.41) is 8.60. The molecule has 4 heteroatoms. The number of thioether (sulfide) groups is 1. The third kappa shape index (κ3) is 3.93. The van der Waals surface area contributed by atoms with Gasteiger partial charge in [0.05, 0.1) is 0 Å². The average molecular weight is 225 g/mol. The minimum absolute atomic E-state index is 0.448. The molecule has 3 nitrogen and oxygen atoms in total. The molecule has 1 atom stereocenters. The van der Waals surface area contributed by atoms with Crippen LogP contribution in [0.15, 0.2) is 24.3 Å². The molecule has 0 unspecified atom stereocenters. The summed E-state index contributed by atoms with van der Waals surface area (Å²) in [6.07, 6.45) is 0. The van der Waals surface area contributed by atoms with Crippen LogP contribution >= 0.6 is 11.8 Å². The first-order chi connectivity index (χ1) is 7.11. The number of rotatable bonds is 5. The van der Waals surface area contributed by atoms with Crippen LogP contribution in [0, 0.1) is 6.92 Å². The Morgan fingerprint density at radius 3 is 2.80 bits per heavy atom. The number of carbonyl (C=O) groups is 1. The maximum atomic E-state index is 10.5. The number of hydrogen-bond donors (Lipinski definition) is 2. The van der Waals surface area contributed by atoms with Crippen molar-refractivity contribution >= 4 is 17.7 Å². The summed E-state index contributed by atoms with van der Waals surface area (Å²) in [6.45, 7) is 2.05. The van der Waals surface area contributed by atoms with E-state index in [4.69, 9.17) is 10.8 Å². The Morgan fingerprint density at radius 2 is 2.20 bits per heavy atom. The third-order valence-corrected chi connectivity index (χ3v) is 3.24. The molecule has 82 valence electrons. The van der Waals surface area contributed by atoms with E-state index < -0.39 is 12.0 Å². The molecule has 1 aromatic rings. The van der Waals surface area contributed by atoms with Crippen molar-refractivity contribution in [3.8, 4) is 0 Å². The average Bonchev–Trinajstić information content (AvgIpc) is 2.20. The van der Waals surface area contributed by atoms with E-state index in [1.54, 1.807) is 11.8 Å². The summed E-state index contributed by atoms with van der Waals surface area (Å²) in [7, 11) is 0. The van der Waals surface area contributed by atoms with E-state index in [9.17, 15) is 4.79 Å². The van der Waals surface area contributed by atoms with E-state index in [1.807, 2.05) is 25.1 Å². The second-order valence-corrected chi connectivity index (χ2v) is 4.42. The second-order valence-electron chi connectivity index (χ2n) is 3.39. The van der Waals surface area contributed by atoms with E-state index in [1.165, 1.54) is 11.1 Å². The Hall–Kier alpha value is -1.00. The normalized spacial score (nSPS) is 12.4. The van der Waals surface area contributed by atoms with Crippen molar-refractivity contribution < 1.29 is 9.90 Å². The van der Waals surface area contributed by atoms with Crippen molar-refractivity contribution in [3.05, 3.63) is 35.4 Å². The summed E-state index contributed by atoms with van der Waals surface area (Å²) >= 11 is 1.55. The van der Waals surface area contributed by atoms with Crippen molar-refractivity contribution in [2.75, 3.05) is 5.75 Å². The first-order valence-electron chi connectivity index (χ1n) is 4.72. The highest BCUT2D eigenvalue weighted by molar-refractivity contribution is 7.98. The minimum atomic E-state index is -0.938. The SMILES string of the molecule is Cc1ccccc1CSC[C@H](N)C(=O)O. The maximum absolute atomic E-state index is 10.5. The van der Waals surface area contributed by atoms with Gasteiger partial charge in [0.1, 0.15) is 6.04 Å². The van der Waals surface area contributed by atoms with Crippen LogP contribution in [0.5, 0.6) is 0 Å². The summed E-state index contributed by atoms with van der Waals surface area (Å²) in [5.41, 5.74) is 7.86. The number of carboxylic acid groups (broad SMARTS) is 1. The lowest BCUT2D eigenvalue weighted by Crippen LogP contribution is -2.32. The molecule has 0 fully saturated rings. The highest BCUT2D eigenvalue weighted by Crippen LogP contribution is 2.16. The molecule has 0 radical (unpaired) electrons. The van der Waals surface area contributed by atoms with Crippen LogP contribution in [-0.2, 0) is 10.5 Å². The molecule has 0 aliphatic rings. The lowest BCUT2D eigenvalue weighted by atomic mass is 10.1. The number of hydrogen-bond acceptors (Lipinski definition) is 3. The Kier molecular flexibility index (Phi) is 4.65. The van der Waals surface area contributed by atoms with Crippen LogP contribution < -0.4 is 5.73 Å². The lowest BCUT2D eigenvalue weighted by Gasteiger charge is -2.07. The van der Waals surface area contributed by atoms with Gasteiger partial charge in [0.25, 0.3) is 0 Å². The molecule has 1 aromatic carbocycles. The zero-order chi connectivity index (χ0) is 11.3. The predicted octanol–water partition coefficient (Wildman–Crippen LogP) is 1.64. The molecule has 15 heavy (non-hydrogen) atoms. The predicted molar refractivity (Wildman–Crippen MR) is 63.0 cm³/mol. The first kappa shape index (κ1) is 12.1. The van der Waals surface area contributed by atoms with E-state index >= 15 is 0 Å². The number of nitrogens with two attached hydrogens (primary N) is 1. The Morgan fingerprint density at radius 1 is 1.53 bits per heavy atom. The number of carboxylic acids is 1. The number of benzene rings is 1. The summed E-state index contributed by atoms with van der Waals surface area (Å²) in [5.74, 6) is 0.324. The van der Waals surface area contributed by atoms with E-state index in [0.717, 1.165) is 5.75 Å². The van der Waals surface area contributed by atoms with Gasteiger partial charge in [-0.05, 0) is 18.1 Å². The maximum Gasteiger partial charge on any atom is 0.321 e. The van der Waals surface area contributed by atoms with E-state index in [2.05, 4.69) is 6.07 Å². The van der Waals surface area contributed by atoms with E-state index in [0.29, 0.717) is 5.75 Å². The monoisotopic (exact) mass is 225 g/mol. The minimum Gasteiger partial charge on any atom is -0.480 e. The zero-order valence-electron chi connectivity index (χ0n) is 8.64. The molecule has 0 spiro atoms. The molecule has 0 aromatic heterocycles. The Bertz CT molecular complexity index is 341. The van der Waals surface area contributed by atoms with Gasteiger partial charge < -0.3 is 10.8 Å². The van der Waals surface area contributed by atoms with Crippen LogP contribution in [0.1, 0.15) is 11.1 Å². The van der Waals surface area contributed by atoms with Gasteiger partial charge in [-0.2, -0.15) is 11.8 Å². The van der Waals surface area contributed by atoms with E-state index in [-0.39, 0.29) is 0 Å². The summed E-state index contributed by atoms with van der Waals surface area (Å²) in [4.78, 5) is 10.5. The molecule has 0 bridgehead atoms. The fourth-order valence-electron chi connectivity index (χ4n) is 1.14. The molecule has 0 amide bonds. The fraction of sp³-hybridized carbons (Fsp3) is 0.364. The van der Waals surface area contributed by atoms with Gasteiger partial charge >= 0.3 is 5.97 Å². The molecule has 0 saturated carbocycles. The van der Waals surface area contributed by atoms with Crippen molar-refractivity contribution in [2.45, 2.75) is 18.7 Å². The van der Waals surface area contributed by atoms with Crippen LogP contribution in [0.25, 0.3) is 0 Å². The largest absolute Gasteiger partial charge is 0.480 e. The van der Waals surface area contributed by atoms with Crippen molar-refractivity contribution in [2.24, 2.45) is 5.73 Å². The lowest BCUT2D eigenvalue weighted by molar-refractivity contribution is -0.137. The standard InChI is InChI=1S/C11H15NO2S/c1-8-4-2-3-5-9(8)6-15-7-10(12)11(13)14/h2-5,10H,6-7,12H2,1H3,(H,13,14)/t10-/m0/s1. The third-order valence-electron chi connectivity index (χ3n) is 2.13. The van der Waals surface area contributed by atoms with Crippen molar-refractivity contribution in [1.82, 2.24) is 0 Å². The van der Waals surface area contributed by atoms with Crippen LogP contribution in [-0.4, -0.2) is 22.9 Å². The van der Waals surface area contributed by atoms with Gasteiger partial charge in [0.15, 0.2) is 0 Å². The van der Waals surface area contributed by atoms with Crippen LogP contribution in [0.2, 0.25) is 0 Å². The van der Waals surface area contributed by atoms with Crippen molar-refractivity contribution in [1.29, 1.82) is 0 Å². The van der Waals surface area contributed by atoms with Gasteiger partial charge in [-0.1, -0.05) is 24.3 Å². The molecular weight excluding hydrogens is 210 g/mol. The molecule has 1 rings (SSSR count). The van der Waals surface area contributed by atoms with Gasteiger partial charge in [-0.15, -0.1) is 0 Å². The van der Waals surface area contributed by atoms with Gasteiger partial charge in [-0.3, -0.25) is 4.79 Å². The zero-order valence-corrected chi connectivity index (χ0v) is 9.46. The second kappa shape index (κ2) is 5.78. The fourth-order valence-corrected chi connectivity index (χ4v) is 2.20. The van der Waals surface area contributed by atoms with Crippen molar-refractivity contribution in [3.63, 3.8) is 0 Å². The van der Waals surface area contributed by atoms with Gasteiger partial charge in [0, 0.05) is 11.5 Å². The summed E-state index contributed by atoms with van der Waals surface area (Å²) < 4.78 is 0. The molecular formula is C11H15NO2S. The smallest absolute Gasteiger partial charge is 0.321 e. The van der Waals surface area contributed by atoms with Gasteiger partial charge in [-0.25, -0.2) is 0 Å². The Labute approximate surface area is 93.7 Å². The highest BCUT2D eigenvalue weighted by atomic mass is 32.2.